The van der Waals surface area contributed by atoms with E-state index in [1.807, 2.05) is 31.2 Å². The van der Waals surface area contributed by atoms with E-state index < -0.39 is 0 Å². The van der Waals surface area contributed by atoms with Crippen molar-refractivity contribution < 1.29 is 4.79 Å². The summed E-state index contributed by atoms with van der Waals surface area (Å²) in [4.78, 5) is 13.1. The first-order valence-corrected chi connectivity index (χ1v) is 9.22. The Morgan fingerprint density at radius 3 is 2.65 bits per heavy atom. The van der Waals surface area contributed by atoms with Gasteiger partial charge in [-0.2, -0.15) is 9.61 Å². The van der Waals surface area contributed by atoms with Crippen molar-refractivity contribution in [3.8, 4) is 10.6 Å². The molecule has 0 spiro atoms. The lowest BCUT2D eigenvalue weighted by Crippen LogP contribution is -2.12. The molecule has 1 amide bonds. The fraction of sp³-hybridized carbons (Fsp3) is 0.111. The average Bonchev–Trinajstić information content (AvgIpc) is 3.23. The highest BCUT2D eigenvalue weighted by Crippen LogP contribution is 2.27. The Morgan fingerprint density at radius 2 is 1.92 bits per heavy atom. The molecular formula is C18H14ClN5OS. The van der Waals surface area contributed by atoms with Crippen LogP contribution in [0, 0.1) is 0 Å². The summed E-state index contributed by atoms with van der Waals surface area (Å²) in [7, 11) is 0. The molecule has 8 heteroatoms. The van der Waals surface area contributed by atoms with Crippen LogP contribution in [0.2, 0.25) is 5.02 Å². The number of carbonyl (C=O) groups is 1. The Balaban J connectivity index is 1.55. The maximum atomic E-state index is 12.3. The van der Waals surface area contributed by atoms with Crippen LogP contribution in [-0.4, -0.2) is 25.7 Å². The van der Waals surface area contributed by atoms with E-state index in [0.29, 0.717) is 16.3 Å². The zero-order valence-electron chi connectivity index (χ0n) is 13.8. The summed E-state index contributed by atoms with van der Waals surface area (Å²) in [6.45, 7) is 2.02. The van der Waals surface area contributed by atoms with Crippen molar-refractivity contribution in [2.45, 2.75) is 13.3 Å². The standard InChI is InChI=1S/C18H14ClN5OS/c1-2-15-21-22-18-24(15)23-17(26-18)11-7-9-12(10-8-11)20-16(25)13-5-3-4-6-14(13)19/h3-10H,2H2,1H3,(H,20,25). The van der Waals surface area contributed by atoms with Crippen molar-refractivity contribution >= 4 is 39.5 Å². The van der Waals surface area contributed by atoms with Crippen LogP contribution in [0.5, 0.6) is 0 Å². The minimum Gasteiger partial charge on any atom is -0.322 e. The van der Waals surface area contributed by atoms with Gasteiger partial charge in [-0.25, -0.2) is 0 Å². The summed E-state index contributed by atoms with van der Waals surface area (Å²) in [5, 5.41) is 16.9. The number of rotatable bonds is 4. The van der Waals surface area contributed by atoms with Gasteiger partial charge in [0.2, 0.25) is 4.96 Å². The number of nitrogens with zero attached hydrogens (tertiary/aromatic N) is 4. The number of aromatic nitrogens is 4. The lowest BCUT2D eigenvalue weighted by Gasteiger charge is -2.07. The van der Waals surface area contributed by atoms with Gasteiger partial charge in [-0.15, -0.1) is 10.2 Å². The highest BCUT2D eigenvalue weighted by Gasteiger charge is 2.13. The van der Waals surface area contributed by atoms with E-state index in [0.717, 1.165) is 27.8 Å². The summed E-state index contributed by atoms with van der Waals surface area (Å²) in [5.41, 5.74) is 2.09. The molecule has 0 aliphatic rings. The van der Waals surface area contributed by atoms with Gasteiger partial charge >= 0.3 is 0 Å². The maximum Gasteiger partial charge on any atom is 0.257 e. The largest absolute Gasteiger partial charge is 0.322 e. The van der Waals surface area contributed by atoms with E-state index in [1.54, 1.807) is 28.8 Å². The number of fused-ring (bicyclic) bond motifs is 1. The number of amides is 1. The number of aryl methyl sites for hydroxylation is 1. The number of nitrogens with one attached hydrogen (secondary N) is 1. The molecule has 2 aromatic carbocycles. The molecule has 0 aliphatic heterocycles. The van der Waals surface area contributed by atoms with Crippen molar-refractivity contribution in [2.24, 2.45) is 0 Å². The molecule has 2 heterocycles. The van der Waals surface area contributed by atoms with Crippen LogP contribution >= 0.6 is 22.9 Å². The van der Waals surface area contributed by atoms with Crippen molar-refractivity contribution in [3.05, 3.63) is 64.9 Å². The monoisotopic (exact) mass is 383 g/mol. The third-order valence-corrected chi connectivity index (χ3v) is 5.16. The van der Waals surface area contributed by atoms with E-state index in [4.69, 9.17) is 11.6 Å². The van der Waals surface area contributed by atoms with E-state index in [9.17, 15) is 4.79 Å². The maximum absolute atomic E-state index is 12.3. The van der Waals surface area contributed by atoms with Gasteiger partial charge in [0, 0.05) is 17.7 Å². The van der Waals surface area contributed by atoms with Crippen LogP contribution in [0.3, 0.4) is 0 Å². The number of hydrogen-bond acceptors (Lipinski definition) is 5. The number of anilines is 1. The topological polar surface area (TPSA) is 72.2 Å². The van der Waals surface area contributed by atoms with Gasteiger partial charge in [-0.05, 0) is 36.4 Å². The molecule has 0 fully saturated rings. The van der Waals surface area contributed by atoms with Crippen molar-refractivity contribution in [1.29, 1.82) is 0 Å². The molecule has 0 radical (unpaired) electrons. The zero-order valence-corrected chi connectivity index (χ0v) is 15.4. The molecule has 2 aromatic heterocycles. The Morgan fingerprint density at radius 1 is 1.15 bits per heavy atom. The van der Waals surface area contributed by atoms with Crippen LogP contribution in [0.25, 0.3) is 15.5 Å². The molecule has 0 atom stereocenters. The quantitative estimate of drug-likeness (QED) is 0.569. The highest BCUT2D eigenvalue weighted by atomic mass is 35.5. The van der Waals surface area contributed by atoms with Gasteiger partial charge in [0.05, 0.1) is 10.6 Å². The minimum absolute atomic E-state index is 0.241. The van der Waals surface area contributed by atoms with E-state index in [1.165, 1.54) is 11.3 Å². The molecule has 26 heavy (non-hydrogen) atoms. The second-order valence-corrected chi connectivity index (χ2v) is 6.95. The molecule has 1 N–H and O–H groups in total. The van der Waals surface area contributed by atoms with Gasteiger partial charge in [-0.1, -0.05) is 42.0 Å². The number of benzene rings is 2. The second-order valence-electron chi connectivity index (χ2n) is 5.58. The normalized spacial score (nSPS) is 11.0. The molecule has 0 unspecified atom stereocenters. The molecule has 4 rings (SSSR count). The Bertz CT molecular complexity index is 1090. The number of halogens is 1. The molecule has 0 saturated carbocycles. The van der Waals surface area contributed by atoms with Crippen molar-refractivity contribution in [3.63, 3.8) is 0 Å². The Kier molecular flexibility index (Phi) is 4.40. The Hall–Kier alpha value is -2.77. The van der Waals surface area contributed by atoms with E-state index in [2.05, 4.69) is 20.6 Å². The van der Waals surface area contributed by atoms with Gasteiger partial charge in [-0.3, -0.25) is 4.79 Å². The summed E-state index contributed by atoms with van der Waals surface area (Å²) in [6.07, 6.45) is 0.775. The van der Waals surface area contributed by atoms with Gasteiger partial charge in [0.25, 0.3) is 5.91 Å². The van der Waals surface area contributed by atoms with Crippen LogP contribution in [0.4, 0.5) is 5.69 Å². The van der Waals surface area contributed by atoms with Gasteiger partial charge in [0.1, 0.15) is 5.01 Å². The molecule has 0 aliphatic carbocycles. The lowest BCUT2D eigenvalue weighted by molar-refractivity contribution is 0.102. The van der Waals surface area contributed by atoms with Gasteiger partial charge in [0.15, 0.2) is 5.82 Å². The predicted molar refractivity (Wildman–Crippen MR) is 103 cm³/mol. The third kappa shape index (κ3) is 3.07. The van der Waals surface area contributed by atoms with Crippen LogP contribution in [0.15, 0.2) is 48.5 Å². The highest BCUT2D eigenvalue weighted by molar-refractivity contribution is 7.19. The smallest absolute Gasteiger partial charge is 0.257 e. The number of hydrogen-bond donors (Lipinski definition) is 1. The zero-order chi connectivity index (χ0) is 18.1. The fourth-order valence-electron chi connectivity index (χ4n) is 2.53. The van der Waals surface area contributed by atoms with Crippen LogP contribution < -0.4 is 5.32 Å². The summed E-state index contributed by atoms with van der Waals surface area (Å²) in [5.74, 6) is 0.598. The molecule has 130 valence electrons. The van der Waals surface area contributed by atoms with Crippen LogP contribution in [0.1, 0.15) is 23.1 Å². The summed E-state index contributed by atoms with van der Waals surface area (Å²) in [6, 6.07) is 14.5. The molecule has 0 saturated heterocycles. The summed E-state index contributed by atoms with van der Waals surface area (Å²) < 4.78 is 1.77. The first kappa shape index (κ1) is 16.7. The first-order valence-electron chi connectivity index (χ1n) is 8.03. The predicted octanol–water partition coefficient (Wildman–Crippen LogP) is 4.32. The molecule has 4 aromatic rings. The molecular weight excluding hydrogens is 370 g/mol. The fourth-order valence-corrected chi connectivity index (χ4v) is 3.62. The second kappa shape index (κ2) is 6.86. The lowest BCUT2D eigenvalue weighted by atomic mass is 10.2. The Labute approximate surface area is 158 Å². The van der Waals surface area contributed by atoms with Crippen molar-refractivity contribution in [1.82, 2.24) is 19.8 Å². The van der Waals surface area contributed by atoms with Crippen LogP contribution in [-0.2, 0) is 6.42 Å². The SMILES string of the molecule is CCc1nnc2sc(-c3ccc(NC(=O)c4ccccc4Cl)cc3)nn12. The van der Waals surface area contributed by atoms with Crippen molar-refractivity contribution in [2.75, 3.05) is 5.32 Å². The molecule has 0 bridgehead atoms. The number of carbonyl (C=O) groups excluding carboxylic acids is 1. The minimum atomic E-state index is -0.241. The summed E-state index contributed by atoms with van der Waals surface area (Å²) >= 11 is 7.54. The first-order chi connectivity index (χ1) is 12.7. The average molecular weight is 384 g/mol. The van der Waals surface area contributed by atoms with E-state index >= 15 is 0 Å². The molecule has 6 nitrogen and oxygen atoms in total. The third-order valence-electron chi connectivity index (χ3n) is 3.88. The van der Waals surface area contributed by atoms with Gasteiger partial charge < -0.3 is 5.32 Å². The van der Waals surface area contributed by atoms with E-state index in [-0.39, 0.29) is 5.91 Å².